The summed E-state index contributed by atoms with van der Waals surface area (Å²) in [5, 5.41) is 0. The second-order valence-corrected chi connectivity index (χ2v) is 3.79. The second-order valence-electron chi connectivity index (χ2n) is 3.79. The van der Waals surface area contributed by atoms with Gasteiger partial charge in [-0.1, -0.05) is 27.3 Å². The average Bonchev–Trinajstić information content (AvgIpc) is 2.49. The first-order chi connectivity index (χ1) is 6.25. The zero-order chi connectivity index (χ0) is 9.26. The van der Waals surface area contributed by atoms with Crippen LogP contribution in [0.5, 0.6) is 11.5 Å². The molecule has 0 fully saturated rings. The molecule has 0 saturated carbocycles. The van der Waals surface area contributed by atoms with E-state index in [-0.39, 0.29) is 7.43 Å². The molecule has 0 spiro atoms. The minimum Gasteiger partial charge on any atom is -0.454 e. The summed E-state index contributed by atoms with van der Waals surface area (Å²) < 4.78 is 10.5. The summed E-state index contributed by atoms with van der Waals surface area (Å²) in [6, 6.07) is 6.16. The Morgan fingerprint density at radius 2 is 1.93 bits per heavy atom. The maximum Gasteiger partial charge on any atom is 0.231 e. The maximum atomic E-state index is 5.30. The smallest absolute Gasteiger partial charge is 0.231 e. The van der Waals surface area contributed by atoms with Crippen LogP contribution in [0.25, 0.3) is 0 Å². The molecule has 0 saturated heterocycles. The Balaban J connectivity index is 0.000000980. The molecule has 78 valence electrons. The average molecular weight is 194 g/mol. The van der Waals surface area contributed by atoms with Gasteiger partial charge < -0.3 is 9.47 Å². The molecule has 0 aromatic heterocycles. The Kier molecular flexibility index (Phi) is 3.39. The fraction of sp³-hybridized carbons (Fsp3) is 0.500. The first-order valence-electron chi connectivity index (χ1n) is 4.64. The van der Waals surface area contributed by atoms with Crippen LogP contribution in [-0.4, -0.2) is 6.79 Å². The summed E-state index contributed by atoms with van der Waals surface area (Å²) >= 11 is 0. The van der Waals surface area contributed by atoms with E-state index < -0.39 is 0 Å². The fourth-order valence-electron chi connectivity index (χ4n) is 1.54. The van der Waals surface area contributed by atoms with Gasteiger partial charge in [0.2, 0.25) is 6.79 Å². The lowest BCUT2D eigenvalue weighted by Crippen LogP contribution is -1.94. The molecule has 14 heavy (non-hydrogen) atoms. The zero-order valence-corrected chi connectivity index (χ0v) is 8.04. The van der Waals surface area contributed by atoms with Gasteiger partial charge in [-0.2, -0.15) is 0 Å². The molecular formula is C12H18O2. The highest BCUT2D eigenvalue weighted by Crippen LogP contribution is 2.32. The number of fused-ring (bicyclic) bond motifs is 1. The van der Waals surface area contributed by atoms with Crippen molar-refractivity contribution in [2.24, 2.45) is 5.92 Å². The topological polar surface area (TPSA) is 18.5 Å². The summed E-state index contributed by atoms with van der Waals surface area (Å²) in [5.74, 6) is 2.44. The fourth-order valence-corrected chi connectivity index (χ4v) is 1.54. The van der Waals surface area contributed by atoms with E-state index in [9.17, 15) is 0 Å². The number of hydrogen-bond donors (Lipinski definition) is 0. The summed E-state index contributed by atoms with van der Waals surface area (Å²) in [4.78, 5) is 0. The molecule has 2 nitrogen and oxygen atoms in total. The largest absolute Gasteiger partial charge is 0.454 e. The normalized spacial score (nSPS) is 12.8. The first-order valence-corrected chi connectivity index (χ1v) is 4.64. The van der Waals surface area contributed by atoms with Crippen LogP contribution in [0.1, 0.15) is 26.8 Å². The van der Waals surface area contributed by atoms with Gasteiger partial charge in [-0.25, -0.2) is 0 Å². The van der Waals surface area contributed by atoms with E-state index in [0.717, 1.165) is 17.9 Å². The van der Waals surface area contributed by atoms with Crippen LogP contribution in [0, 0.1) is 5.92 Å². The van der Waals surface area contributed by atoms with Crippen LogP contribution in [0.2, 0.25) is 0 Å². The number of rotatable bonds is 2. The first kappa shape index (κ1) is 10.9. The van der Waals surface area contributed by atoms with Gasteiger partial charge in [-0.15, -0.1) is 0 Å². The monoisotopic (exact) mass is 194 g/mol. The van der Waals surface area contributed by atoms with Crippen molar-refractivity contribution in [3.63, 3.8) is 0 Å². The highest BCUT2D eigenvalue weighted by atomic mass is 16.7. The Labute approximate surface area is 85.8 Å². The number of ether oxygens (including phenoxy) is 2. The van der Waals surface area contributed by atoms with Gasteiger partial charge >= 0.3 is 0 Å². The second kappa shape index (κ2) is 4.36. The van der Waals surface area contributed by atoms with Crippen LogP contribution >= 0.6 is 0 Å². The predicted octanol–water partition coefficient (Wildman–Crippen LogP) is 3.25. The standard InChI is InChI=1S/C11H14O2.CH4/c1-8(2)5-9-3-4-10-11(6-9)13-7-12-10;/h3-4,6,8H,5,7H2,1-2H3;1H4. The van der Waals surface area contributed by atoms with Crippen molar-refractivity contribution in [3.8, 4) is 11.5 Å². The van der Waals surface area contributed by atoms with Crippen molar-refractivity contribution in [3.05, 3.63) is 23.8 Å². The van der Waals surface area contributed by atoms with Gasteiger partial charge in [0.25, 0.3) is 0 Å². The Hall–Kier alpha value is -1.18. The molecule has 1 aliphatic rings. The van der Waals surface area contributed by atoms with Crippen molar-refractivity contribution in [1.82, 2.24) is 0 Å². The van der Waals surface area contributed by atoms with Crippen LogP contribution in [0.3, 0.4) is 0 Å². The van der Waals surface area contributed by atoms with Gasteiger partial charge in [0.15, 0.2) is 11.5 Å². The zero-order valence-electron chi connectivity index (χ0n) is 8.04. The summed E-state index contributed by atoms with van der Waals surface area (Å²) in [6.07, 6.45) is 1.09. The van der Waals surface area contributed by atoms with Crippen molar-refractivity contribution in [2.45, 2.75) is 27.7 Å². The molecular weight excluding hydrogens is 176 g/mol. The molecule has 1 aliphatic heterocycles. The maximum absolute atomic E-state index is 5.30. The van der Waals surface area contributed by atoms with Crippen molar-refractivity contribution in [1.29, 1.82) is 0 Å². The molecule has 0 N–H and O–H groups in total. The molecule has 0 bridgehead atoms. The summed E-state index contributed by atoms with van der Waals surface area (Å²) in [6.45, 7) is 4.79. The molecule has 1 aromatic carbocycles. The number of benzene rings is 1. The third-order valence-corrected chi connectivity index (χ3v) is 2.08. The lowest BCUT2D eigenvalue weighted by Gasteiger charge is -2.05. The van der Waals surface area contributed by atoms with E-state index in [1.54, 1.807) is 0 Å². The van der Waals surface area contributed by atoms with E-state index in [1.807, 2.05) is 6.07 Å². The van der Waals surface area contributed by atoms with Crippen LogP contribution in [-0.2, 0) is 6.42 Å². The third kappa shape index (κ3) is 2.19. The molecule has 2 heteroatoms. The highest BCUT2D eigenvalue weighted by molar-refractivity contribution is 5.44. The molecule has 2 rings (SSSR count). The van der Waals surface area contributed by atoms with Gasteiger partial charge in [-0.3, -0.25) is 0 Å². The molecule has 0 atom stereocenters. The molecule has 0 radical (unpaired) electrons. The van der Waals surface area contributed by atoms with Gasteiger partial charge in [0.05, 0.1) is 0 Å². The Morgan fingerprint density at radius 3 is 2.64 bits per heavy atom. The lowest BCUT2D eigenvalue weighted by atomic mass is 10.0. The third-order valence-electron chi connectivity index (χ3n) is 2.08. The Bertz CT molecular complexity index is 305. The quantitative estimate of drug-likeness (QED) is 0.719. The highest BCUT2D eigenvalue weighted by Gasteiger charge is 2.13. The Morgan fingerprint density at radius 1 is 1.21 bits per heavy atom. The van der Waals surface area contributed by atoms with Crippen LogP contribution in [0.15, 0.2) is 18.2 Å². The molecule has 1 heterocycles. The van der Waals surface area contributed by atoms with Gasteiger partial charge in [0, 0.05) is 0 Å². The van der Waals surface area contributed by atoms with E-state index in [4.69, 9.17) is 9.47 Å². The summed E-state index contributed by atoms with van der Waals surface area (Å²) in [7, 11) is 0. The van der Waals surface area contributed by atoms with E-state index in [0.29, 0.717) is 12.7 Å². The van der Waals surface area contributed by atoms with E-state index in [1.165, 1.54) is 5.56 Å². The molecule has 0 unspecified atom stereocenters. The van der Waals surface area contributed by atoms with Gasteiger partial charge in [-0.05, 0) is 30.0 Å². The van der Waals surface area contributed by atoms with Gasteiger partial charge in [0.1, 0.15) is 0 Å². The van der Waals surface area contributed by atoms with Crippen LogP contribution in [0.4, 0.5) is 0 Å². The van der Waals surface area contributed by atoms with Crippen molar-refractivity contribution >= 4 is 0 Å². The molecule has 0 amide bonds. The SMILES string of the molecule is C.CC(C)Cc1ccc2c(c1)OCO2. The predicted molar refractivity (Wildman–Crippen MR) is 57.8 cm³/mol. The molecule has 0 aliphatic carbocycles. The summed E-state index contributed by atoms with van der Waals surface area (Å²) in [5.41, 5.74) is 1.32. The molecule has 1 aromatic rings. The lowest BCUT2D eigenvalue weighted by molar-refractivity contribution is 0.174. The van der Waals surface area contributed by atoms with Crippen LogP contribution < -0.4 is 9.47 Å². The minimum atomic E-state index is 0. The van der Waals surface area contributed by atoms with Crippen molar-refractivity contribution in [2.75, 3.05) is 6.79 Å². The van der Waals surface area contributed by atoms with E-state index in [2.05, 4.69) is 26.0 Å². The van der Waals surface area contributed by atoms with Crippen molar-refractivity contribution < 1.29 is 9.47 Å². The number of hydrogen-bond acceptors (Lipinski definition) is 2. The van der Waals surface area contributed by atoms with E-state index >= 15 is 0 Å². The minimum absolute atomic E-state index is 0.